The number of nitrogens with zero attached hydrogens (tertiary/aromatic N) is 2. The summed E-state index contributed by atoms with van der Waals surface area (Å²) in [5, 5.41) is 0. The minimum atomic E-state index is 0.507. The highest BCUT2D eigenvalue weighted by atomic mass is 15.4. The highest BCUT2D eigenvalue weighted by Gasteiger charge is 2.26. The van der Waals surface area contributed by atoms with Crippen molar-refractivity contribution in [2.24, 2.45) is 0 Å². The van der Waals surface area contributed by atoms with Crippen molar-refractivity contribution in [3.8, 4) is 0 Å². The van der Waals surface area contributed by atoms with Crippen LogP contribution in [0, 0.1) is 0 Å². The van der Waals surface area contributed by atoms with Gasteiger partial charge in [0.2, 0.25) is 0 Å². The van der Waals surface area contributed by atoms with Crippen LogP contribution in [0.4, 0.5) is 5.69 Å². The summed E-state index contributed by atoms with van der Waals surface area (Å²) in [6, 6.07) is 10.9. The number of anilines is 1. The summed E-state index contributed by atoms with van der Waals surface area (Å²) in [4.78, 5) is 5.10. The van der Waals surface area contributed by atoms with Crippen molar-refractivity contribution in [2.45, 2.75) is 123 Å². The molecule has 30 heavy (non-hydrogen) atoms. The maximum Gasteiger partial charge on any atom is 0.105 e. The number of hydrogen-bond donors (Lipinski definition) is 0. The fourth-order valence-electron chi connectivity index (χ4n) is 4.61. The van der Waals surface area contributed by atoms with E-state index in [1.165, 1.54) is 115 Å². The molecular weight excluding hydrogens is 364 g/mol. The molecule has 0 bridgehead atoms. The van der Waals surface area contributed by atoms with Crippen LogP contribution in [-0.2, 0) is 0 Å². The van der Waals surface area contributed by atoms with Crippen LogP contribution in [0.1, 0.15) is 117 Å². The van der Waals surface area contributed by atoms with E-state index >= 15 is 0 Å². The van der Waals surface area contributed by atoms with E-state index in [0.717, 1.165) is 0 Å². The quantitative estimate of drug-likeness (QED) is 0.222. The minimum absolute atomic E-state index is 0.507. The molecule has 1 aliphatic rings. The van der Waals surface area contributed by atoms with Crippen molar-refractivity contribution in [1.82, 2.24) is 4.90 Å². The van der Waals surface area contributed by atoms with Crippen LogP contribution >= 0.6 is 0 Å². The Morgan fingerprint density at radius 1 is 0.600 bits per heavy atom. The second kappa shape index (κ2) is 16.3. The van der Waals surface area contributed by atoms with Gasteiger partial charge in [-0.1, -0.05) is 116 Å². The van der Waals surface area contributed by atoms with Gasteiger partial charge in [-0.25, -0.2) is 0 Å². The Morgan fingerprint density at radius 2 is 1.13 bits per heavy atom. The smallest absolute Gasteiger partial charge is 0.105 e. The molecule has 0 N–H and O–H groups in total. The summed E-state index contributed by atoms with van der Waals surface area (Å²) in [7, 11) is 0. The Balaban J connectivity index is 1.70. The first-order valence-corrected chi connectivity index (χ1v) is 13.1. The van der Waals surface area contributed by atoms with Crippen LogP contribution < -0.4 is 4.90 Å². The van der Waals surface area contributed by atoms with Crippen molar-refractivity contribution in [3.05, 3.63) is 42.7 Å². The summed E-state index contributed by atoms with van der Waals surface area (Å²) in [6.07, 6.45) is 27.3. The molecule has 2 heteroatoms. The van der Waals surface area contributed by atoms with E-state index in [2.05, 4.69) is 66.4 Å². The molecule has 2 rings (SSSR count). The zero-order valence-corrected chi connectivity index (χ0v) is 20.0. The molecule has 1 atom stereocenters. The molecule has 0 fully saturated rings. The molecule has 1 unspecified atom stereocenters. The van der Waals surface area contributed by atoms with E-state index in [1.807, 2.05) is 0 Å². The van der Waals surface area contributed by atoms with Crippen LogP contribution in [0.2, 0.25) is 0 Å². The predicted octanol–water partition coefficient (Wildman–Crippen LogP) is 8.89. The summed E-state index contributed by atoms with van der Waals surface area (Å²) in [5.41, 5.74) is 1.33. The van der Waals surface area contributed by atoms with Crippen LogP contribution in [0.25, 0.3) is 0 Å². The average molecular weight is 413 g/mol. The lowest BCUT2D eigenvalue weighted by atomic mass is 10.0. The summed E-state index contributed by atoms with van der Waals surface area (Å²) in [6.45, 7) is 5.79. The number of benzene rings is 1. The van der Waals surface area contributed by atoms with E-state index in [0.29, 0.717) is 6.17 Å². The van der Waals surface area contributed by atoms with Gasteiger partial charge in [-0.05, 0) is 31.4 Å². The normalized spacial score (nSPS) is 16.0. The largest absolute Gasteiger partial charge is 0.356 e. The lowest BCUT2D eigenvalue weighted by Crippen LogP contribution is -2.39. The summed E-state index contributed by atoms with van der Waals surface area (Å²) < 4.78 is 0. The van der Waals surface area contributed by atoms with Gasteiger partial charge in [0.25, 0.3) is 0 Å². The third kappa shape index (κ3) is 9.58. The minimum Gasteiger partial charge on any atom is -0.356 e. The standard InChI is InChI=1S/C28H48N2/c1-3-5-7-9-10-11-12-13-14-19-23-28-29(24-20-15-8-6-4-2)25-26-30(28)27-21-17-16-18-22-27/h16-18,21-22,25-26,28H,3-15,19-20,23-24H2,1-2H3. The topological polar surface area (TPSA) is 6.48 Å². The molecule has 170 valence electrons. The van der Waals surface area contributed by atoms with E-state index < -0.39 is 0 Å². The predicted molar refractivity (Wildman–Crippen MR) is 134 cm³/mol. The average Bonchev–Trinajstić information content (AvgIpc) is 3.18. The van der Waals surface area contributed by atoms with E-state index in [9.17, 15) is 0 Å². The van der Waals surface area contributed by atoms with Crippen molar-refractivity contribution in [2.75, 3.05) is 11.4 Å². The molecule has 0 aromatic heterocycles. The number of rotatable bonds is 18. The van der Waals surface area contributed by atoms with Gasteiger partial charge in [-0.3, -0.25) is 0 Å². The molecule has 0 saturated heterocycles. The van der Waals surface area contributed by atoms with Crippen LogP contribution in [0.15, 0.2) is 42.7 Å². The second-order valence-corrected chi connectivity index (χ2v) is 9.14. The van der Waals surface area contributed by atoms with Crippen molar-refractivity contribution >= 4 is 5.69 Å². The Morgan fingerprint density at radius 3 is 1.73 bits per heavy atom. The van der Waals surface area contributed by atoms with E-state index in [-0.39, 0.29) is 0 Å². The lowest BCUT2D eigenvalue weighted by Gasteiger charge is -2.33. The maximum absolute atomic E-state index is 2.60. The number of unbranched alkanes of at least 4 members (excludes halogenated alkanes) is 13. The van der Waals surface area contributed by atoms with Crippen LogP contribution in [-0.4, -0.2) is 17.6 Å². The van der Waals surface area contributed by atoms with Gasteiger partial charge >= 0.3 is 0 Å². The van der Waals surface area contributed by atoms with Crippen LogP contribution in [0.3, 0.4) is 0 Å². The van der Waals surface area contributed by atoms with Gasteiger partial charge in [-0.15, -0.1) is 0 Å². The van der Waals surface area contributed by atoms with Gasteiger partial charge in [0.15, 0.2) is 0 Å². The molecule has 0 spiro atoms. The third-order valence-electron chi connectivity index (χ3n) is 6.51. The SMILES string of the molecule is CCCCCCCCCCCCC1N(CCCCCCC)C=CN1c1ccccc1. The van der Waals surface area contributed by atoms with Crippen LogP contribution in [0.5, 0.6) is 0 Å². The Hall–Kier alpha value is -1.44. The zero-order chi connectivity index (χ0) is 21.3. The number of para-hydroxylation sites is 1. The highest BCUT2D eigenvalue weighted by molar-refractivity contribution is 5.51. The summed E-state index contributed by atoms with van der Waals surface area (Å²) in [5.74, 6) is 0. The Kier molecular flexibility index (Phi) is 13.5. The van der Waals surface area contributed by atoms with Gasteiger partial charge in [-0.2, -0.15) is 0 Å². The first-order valence-electron chi connectivity index (χ1n) is 13.1. The summed E-state index contributed by atoms with van der Waals surface area (Å²) >= 11 is 0. The van der Waals surface area contributed by atoms with Crippen molar-refractivity contribution < 1.29 is 0 Å². The first-order chi connectivity index (χ1) is 14.9. The molecule has 1 aromatic rings. The van der Waals surface area contributed by atoms with Gasteiger partial charge in [0.1, 0.15) is 6.17 Å². The third-order valence-corrected chi connectivity index (χ3v) is 6.51. The van der Waals surface area contributed by atoms with E-state index in [1.54, 1.807) is 0 Å². The molecule has 1 aromatic carbocycles. The van der Waals surface area contributed by atoms with Crippen molar-refractivity contribution in [1.29, 1.82) is 0 Å². The first kappa shape index (κ1) is 24.8. The van der Waals surface area contributed by atoms with Gasteiger partial charge in [0.05, 0.1) is 0 Å². The molecule has 0 radical (unpaired) electrons. The molecule has 1 aliphatic heterocycles. The van der Waals surface area contributed by atoms with Gasteiger partial charge in [0, 0.05) is 24.6 Å². The van der Waals surface area contributed by atoms with Crippen molar-refractivity contribution in [3.63, 3.8) is 0 Å². The monoisotopic (exact) mass is 412 g/mol. The molecule has 1 heterocycles. The fourth-order valence-corrected chi connectivity index (χ4v) is 4.61. The molecule has 0 aliphatic carbocycles. The van der Waals surface area contributed by atoms with E-state index in [4.69, 9.17) is 0 Å². The molecule has 2 nitrogen and oxygen atoms in total. The molecule has 0 amide bonds. The Labute approximate surface area is 187 Å². The maximum atomic E-state index is 2.60. The van der Waals surface area contributed by atoms with Gasteiger partial charge < -0.3 is 9.80 Å². The number of hydrogen-bond acceptors (Lipinski definition) is 2. The highest BCUT2D eigenvalue weighted by Crippen LogP contribution is 2.28. The lowest BCUT2D eigenvalue weighted by molar-refractivity contribution is 0.273. The fraction of sp³-hybridized carbons (Fsp3) is 0.714. The zero-order valence-electron chi connectivity index (χ0n) is 20.0. The second-order valence-electron chi connectivity index (χ2n) is 9.14. The Bertz CT molecular complexity index is 539. The molecule has 0 saturated carbocycles. The molecular formula is C28H48N2.